The number of hydrogen-bond donors (Lipinski definition) is 1. The summed E-state index contributed by atoms with van der Waals surface area (Å²) in [5.41, 5.74) is 1.56. The standard InChI is InChI=1S/C16H17F2NO/c1-3-19-10-11-4-6-12(7-5-11)16-14(17)8-13(20-2)9-15(16)18/h4-9,19H,3,10H2,1-2H3. The van der Waals surface area contributed by atoms with E-state index >= 15 is 0 Å². The molecular weight excluding hydrogens is 260 g/mol. The highest BCUT2D eigenvalue weighted by Gasteiger charge is 2.13. The Hall–Kier alpha value is -1.94. The molecule has 0 amide bonds. The van der Waals surface area contributed by atoms with Gasteiger partial charge in [-0.05, 0) is 17.7 Å². The highest BCUT2D eigenvalue weighted by Crippen LogP contribution is 2.29. The molecule has 0 aromatic heterocycles. The number of methoxy groups -OCH3 is 1. The first-order valence-corrected chi connectivity index (χ1v) is 6.48. The Morgan fingerprint density at radius 1 is 1.05 bits per heavy atom. The number of halogens is 2. The molecule has 0 saturated heterocycles. The van der Waals surface area contributed by atoms with Crippen LogP contribution in [0, 0.1) is 11.6 Å². The van der Waals surface area contributed by atoms with Crippen LogP contribution in [0.3, 0.4) is 0 Å². The van der Waals surface area contributed by atoms with E-state index in [9.17, 15) is 8.78 Å². The maximum Gasteiger partial charge on any atom is 0.137 e. The molecule has 0 unspecified atom stereocenters. The van der Waals surface area contributed by atoms with E-state index in [0.717, 1.165) is 18.7 Å². The lowest BCUT2D eigenvalue weighted by molar-refractivity contribution is 0.407. The summed E-state index contributed by atoms with van der Waals surface area (Å²) in [4.78, 5) is 0. The Kier molecular flexibility index (Phi) is 4.69. The van der Waals surface area contributed by atoms with Crippen LogP contribution >= 0.6 is 0 Å². The smallest absolute Gasteiger partial charge is 0.137 e. The Morgan fingerprint density at radius 2 is 1.65 bits per heavy atom. The lowest BCUT2D eigenvalue weighted by Crippen LogP contribution is -2.11. The molecule has 0 aliphatic heterocycles. The molecule has 2 aromatic carbocycles. The summed E-state index contributed by atoms with van der Waals surface area (Å²) in [6.45, 7) is 3.64. The predicted octanol–water partition coefficient (Wildman–Crippen LogP) is 3.75. The largest absolute Gasteiger partial charge is 0.497 e. The molecule has 0 radical (unpaired) electrons. The van der Waals surface area contributed by atoms with E-state index < -0.39 is 11.6 Å². The van der Waals surface area contributed by atoms with Crippen molar-refractivity contribution in [1.29, 1.82) is 0 Å². The van der Waals surface area contributed by atoms with E-state index in [2.05, 4.69) is 5.32 Å². The van der Waals surface area contributed by atoms with Crippen molar-refractivity contribution >= 4 is 0 Å². The average molecular weight is 277 g/mol. The van der Waals surface area contributed by atoms with Gasteiger partial charge in [0.15, 0.2) is 0 Å². The fourth-order valence-corrected chi connectivity index (χ4v) is 2.00. The van der Waals surface area contributed by atoms with Gasteiger partial charge in [0.25, 0.3) is 0 Å². The molecule has 2 rings (SSSR count). The summed E-state index contributed by atoms with van der Waals surface area (Å²) in [5, 5.41) is 3.20. The zero-order valence-corrected chi connectivity index (χ0v) is 11.5. The predicted molar refractivity (Wildman–Crippen MR) is 75.7 cm³/mol. The average Bonchev–Trinajstić information content (AvgIpc) is 2.45. The van der Waals surface area contributed by atoms with Gasteiger partial charge in [-0.3, -0.25) is 0 Å². The van der Waals surface area contributed by atoms with Crippen molar-refractivity contribution in [3.63, 3.8) is 0 Å². The van der Waals surface area contributed by atoms with E-state index in [1.165, 1.54) is 19.2 Å². The molecule has 20 heavy (non-hydrogen) atoms. The van der Waals surface area contributed by atoms with E-state index in [0.29, 0.717) is 5.56 Å². The Morgan fingerprint density at radius 3 is 2.15 bits per heavy atom. The molecule has 2 aromatic rings. The van der Waals surface area contributed by atoms with Gasteiger partial charge in [-0.2, -0.15) is 0 Å². The molecule has 1 N–H and O–H groups in total. The normalized spacial score (nSPS) is 10.6. The molecule has 0 saturated carbocycles. The molecule has 0 fully saturated rings. The summed E-state index contributed by atoms with van der Waals surface area (Å²) in [5.74, 6) is -1.07. The van der Waals surface area contributed by atoms with Crippen molar-refractivity contribution < 1.29 is 13.5 Å². The first-order valence-electron chi connectivity index (χ1n) is 6.48. The molecule has 0 bridgehead atoms. The van der Waals surface area contributed by atoms with E-state index in [1.807, 2.05) is 19.1 Å². The van der Waals surface area contributed by atoms with E-state index in [-0.39, 0.29) is 11.3 Å². The summed E-state index contributed by atoms with van der Waals surface area (Å²) < 4.78 is 32.8. The van der Waals surface area contributed by atoms with Gasteiger partial charge in [0.05, 0.1) is 12.7 Å². The molecular formula is C16H17F2NO. The fourth-order valence-electron chi connectivity index (χ4n) is 2.00. The second-order valence-electron chi connectivity index (χ2n) is 4.44. The first kappa shape index (κ1) is 14.5. The van der Waals surface area contributed by atoms with Crippen LogP contribution in [-0.4, -0.2) is 13.7 Å². The second-order valence-corrected chi connectivity index (χ2v) is 4.44. The highest BCUT2D eigenvalue weighted by atomic mass is 19.1. The summed E-state index contributed by atoms with van der Waals surface area (Å²) in [6.07, 6.45) is 0. The molecule has 0 aliphatic rings. The lowest BCUT2D eigenvalue weighted by Gasteiger charge is -2.09. The van der Waals surface area contributed by atoms with Crippen LogP contribution in [0.25, 0.3) is 11.1 Å². The lowest BCUT2D eigenvalue weighted by atomic mass is 10.0. The Bertz CT molecular complexity index is 559. The monoisotopic (exact) mass is 277 g/mol. The molecule has 0 heterocycles. The number of nitrogens with one attached hydrogen (secondary N) is 1. The summed E-state index contributed by atoms with van der Waals surface area (Å²) in [6, 6.07) is 9.54. The van der Waals surface area contributed by atoms with Crippen LogP contribution < -0.4 is 10.1 Å². The molecule has 4 heteroatoms. The Balaban J connectivity index is 2.32. The van der Waals surface area contributed by atoms with Crippen LogP contribution in [0.2, 0.25) is 0 Å². The third kappa shape index (κ3) is 3.14. The minimum absolute atomic E-state index is 0.0270. The zero-order valence-electron chi connectivity index (χ0n) is 11.5. The van der Waals surface area contributed by atoms with Gasteiger partial charge in [-0.25, -0.2) is 8.78 Å². The molecule has 0 atom stereocenters. The maximum atomic E-state index is 14.0. The van der Waals surface area contributed by atoms with Crippen molar-refractivity contribution in [3.8, 4) is 16.9 Å². The third-order valence-corrected chi connectivity index (χ3v) is 3.07. The fraction of sp³-hybridized carbons (Fsp3) is 0.250. The maximum absolute atomic E-state index is 14.0. The topological polar surface area (TPSA) is 21.3 Å². The first-order chi connectivity index (χ1) is 9.65. The summed E-state index contributed by atoms with van der Waals surface area (Å²) >= 11 is 0. The van der Waals surface area contributed by atoms with Gasteiger partial charge in [-0.1, -0.05) is 31.2 Å². The van der Waals surface area contributed by atoms with E-state index in [4.69, 9.17) is 4.74 Å². The molecule has 0 aliphatic carbocycles. The molecule has 106 valence electrons. The van der Waals surface area contributed by atoms with Crippen molar-refractivity contribution in [2.24, 2.45) is 0 Å². The number of benzene rings is 2. The van der Waals surface area contributed by atoms with Crippen LogP contribution in [0.4, 0.5) is 8.78 Å². The van der Waals surface area contributed by atoms with Gasteiger partial charge in [0, 0.05) is 18.7 Å². The van der Waals surface area contributed by atoms with Gasteiger partial charge in [0.1, 0.15) is 17.4 Å². The third-order valence-electron chi connectivity index (χ3n) is 3.07. The number of ether oxygens (including phenoxy) is 1. The van der Waals surface area contributed by atoms with Crippen LogP contribution in [0.15, 0.2) is 36.4 Å². The SMILES string of the molecule is CCNCc1ccc(-c2c(F)cc(OC)cc2F)cc1. The highest BCUT2D eigenvalue weighted by molar-refractivity contribution is 5.66. The zero-order chi connectivity index (χ0) is 14.5. The van der Waals surface area contributed by atoms with Crippen molar-refractivity contribution in [2.45, 2.75) is 13.5 Å². The van der Waals surface area contributed by atoms with Gasteiger partial charge >= 0.3 is 0 Å². The van der Waals surface area contributed by atoms with E-state index in [1.54, 1.807) is 12.1 Å². The van der Waals surface area contributed by atoms with Crippen LogP contribution in [0.1, 0.15) is 12.5 Å². The number of rotatable bonds is 5. The quantitative estimate of drug-likeness (QED) is 0.898. The minimum Gasteiger partial charge on any atom is -0.497 e. The molecule has 0 spiro atoms. The van der Waals surface area contributed by atoms with Gasteiger partial charge in [0.2, 0.25) is 0 Å². The Labute approximate surface area is 117 Å². The van der Waals surface area contributed by atoms with Crippen LogP contribution in [-0.2, 0) is 6.54 Å². The van der Waals surface area contributed by atoms with Gasteiger partial charge < -0.3 is 10.1 Å². The van der Waals surface area contributed by atoms with Gasteiger partial charge in [-0.15, -0.1) is 0 Å². The van der Waals surface area contributed by atoms with Crippen molar-refractivity contribution in [1.82, 2.24) is 5.32 Å². The van der Waals surface area contributed by atoms with Crippen molar-refractivity contribution in [2.75, 3.05) is 13.7 Å². The minimum atomic E-state index is -0.624. The second kappa shape index (κ2) is 6.48. The van der Waals surface area contributed by atoms with Crippen LogP contribution in [0.5, 0.6) is 5.75 Å². The summed E-state index contributed by atoms with van der Waals surface area (Å²) in [7, 11) is 1.38. The van der Waals surface area contributed by atoms with Crippen molar-refractivity contribution in [3.05, 3.63) is 53.6 Å². The molecule has 2 nitrogen and oxygen atoms in total. The number of hydrogen-bond acceptors (Lipinski definition) is 2.